The van der Waals surface area contributed by atoms with E-state index in [9.17, 15) is 0 Å². The molecule has 0 amide bonds. The normalized spacial score (nSPS) is 12.5. The standard InChI is InChI=1S/C7H4S2.C2H5.3CH3.2Sn/c1-5-4-7-6(9-5)2-3-8-7;1-2;;;;;/h2,4H,1H2;1H2,2H3;3*1H3;;. The molecule has 16 heavy (non-hydrogen) atoms. The molecule has 86 valence electrons. The maximum atomic E-state index is 2.51. The number of thiophene rings is 2. The van der Waals surface area contributed by atoms with Gasteiger partial charge in [-0.05, 0) is 0 Å². The fourth-order valence-corrected chi connectivity index (χ4v) is 12.5. The van der Waals surface area contributed by atoms with E-state index in [2.05, 4.69) is 56.5 Å². The van der Waals surface area contributed by atoms with E-state index in [0.717, 1.165) is 0 Å². The van der Waals surface area contributed by atoms with Crippen molar-refractivity contribution in [3.8, 4) is 0 Å². The first-order valence-electron chi connectivity index (χ1n) is 5.74. The first-order valence-corrected chi connectivity index (χ1v) is 21.4. The van der Waals surface area contributed by atoms with E-state index in [1.54, 1.807) is 17.2 Å². The van der Waals surface area contributed by atoms with Crippen LogP contribution in [0.1, 0.15) is 11.8 Å². The van der Waals surface area contributed by atoms with Crippen molar-refractivity contribution in [3.05, 3.63) is 17.0 Å². The Morgan fingerprint density at radius 2 is 1.81 bits per heavy atom. The van der Waals surface area contributed by atoms with E-state index < -0.39 is 18.4 Å². The summed E-state index contributed by atoms with van der Waals surface area (Å²) in [7, 11) is 0. The quantitative estimate of drug-likeness (QED) is 0.598. The fourth-order valence-electron chi connectivity index (χ4n) is 1.59. The third-order valence-electron chi connectivity index (χ3n) is 2.55. The first kappa shape index (κ1) is 13.7. The molecular formula is C12H18S2Sn2. The van der Waals surface area contributed by atoms with Gasteiger partial charge < -0.3 is 0 Å². The molecule has 2 rings (SSSR count). The van der Waals surface area contributed by atoms with Crippen LogP contribution in [0.15, 0.2) is 12.1 Å². The Hall–Kier alpha value is 1.26. The zero-order valence-electron chi connectivity index (χ0n) is 10.4. The van der Waals surface area contributed by atoms with Crippen LogP contribution in [0, 0.1) is 0 Å². The summed E-state index contributed by atoms with van der Waals surface area (Å²) in [5.41, 5.74) is 0. The van der Waals surface area contributed by atoms with Crippen LogP contribution in [0.3, 0.4) is 0 Å². The molecule has 2 radical (unpaired) electrons. The molecule has 0 saturated heterocycles. The number of fused-ring (bicyclic) bond motifs is 1. The van der Waals surface area contributed by atoms with E-state index in [-0.39, 0.29) is 21.1 Å². The Morgan fingerprint density at radius 1 is 1.12 bits per heavy atom. The number of hydrogen-bond donors (Lipinski definition) is 0. The minimum absolute atomic E-state index is 0.0655. The number of hydrogen-bond acceptors (Lipinski definition) is 2. The van der Waals surface area contributed by atoms with E-state index in [4.69, 9.17) is 0 Å². The third-order valence-corrected chi connectivity index (χ3v) is 18.2. The molecule has 0 atom stereocenters. The second-order valence-electron chi connectivity index (χ2n) is 5.08. The van der Waals surface area contributed by atoms with Crippen molar-refractivity contribution in [1.82, 2.24) is 0 Å². The molecule has 0 nitrogen and oxygen atoms in total. The predicted molar refractivity (Wildman–Crippen MR) is 82.6 cm³/mol. The van der Waals surface area contributed by atoms with Crippen LogP contribution in [-0.2, 0) is 4.44 Å². The van der Waals surface area contributed by atoms with Crippen LogP contribution in [0.4, 0.5) is 0 Å². The van der Waals surface area contributed by atoms with Crippen molar-refractivity contribution in [2.75, 3.05) is 0 Å². The molecule has 0 unspecified atom stereocenters. The molecule has 0 aliphatic carbocycles. The minimum atomic E-state index is -1.80. The molecule has 0 aliphatic rings. The van der Waals surface area contributed by atoms with Gasteiger partial charge in [-0.25, -0.2) is 0 Å². The summed E-state index contributed by atoms with van der Waals surface area (Å²) in [6.45, 7) is 2.34. The van der Waals surface area contributed by atoms with Gasteiger partial charge in [-0.2, -0.15) is 0 Å². The van der Waals surface area contributed by atoms with Gasteiger partial charge in [0, 0.05) is 0 Å². The molecule has 2 heterocycles. The van der Waals surface area contributed by atoms with Crippen molar-refractivity contribution in [1.29, 1.82) is 0 Å². The van der Waals surface area contributed by atoms with Crippen LogP contribution in [0.2, 0.25) is 19.3 Å². The summed E-state index contributed by atoms with van der Waals surface area (Å²) in [6, 6.07) is 4.98. The molecule has 0 bridgehead atoms. The summed E-state index contributed by atoms with van der Waals surface area (Å²) in [5, 5.41) is 0. The second kappa shape index (κ2) is 5.49. The third kappa shape index (κ3) is 3.17. The first-order chi connectivity index (χ1) is 7.50. The molecule has 2 aromatic rings. The van der Waals surface area contributed by atoms with E-state index in [1.807, 2.05) is 0 Å². The van der Waals surface area contributed by atoms with Crippen molar-refractivity contribution in [2.45, 2.75) is 30.6 Å². The number of rotatable bonds is 4. The molecule has 2 aromatic heterocycles. The van der Waals surface area contributed by atoms with Crippen LogP contribution >= 0.6 is 22.7 Å². The molecular weight excluding hydrogens is 446 g/mol. The van der Waals surface area contributed by atoms with E-state index >= 15 is 0 Å². The van der Waals surface area contributed by atoms with Crippen molar-refractivity contribution in [2.24, 2.45) is 0 Å². The van der Waals surface area contributed by atoms with Crippen LogP contribution in [0.25, 0.3) is 9.40 Å². The van der Waals surface area contributed by atoms with E-state index in [0.29, 0.717) is 0 Å². The Kier molecular flexibility index (Phi) is 4.69. The Morgan fingerprint density at radius 3 is 2.38 bits per heavy atom. The van der Waals surface area contributed by atoms with Gasteiger partial charge >= 0.3 is 122 Å². The van der Waals surface area contributed by atoms with Gasteiger partial charge in [-0.3, -0.25) is 0 Å². The van der Waals surface area contributed by atoms with Gasteiger partial charge in [0.25, 0.3) is 0 Å². The SMILES string of the molecule is C[CH2][Sn][CH2]c1cc2s[c]([Sn]([CH3])([CH3])[CH3])cc2s1. The summed E-state index contributed by atoms with van der Waals surface area (Å²) >= 11 is 2.27. The molecule has 0 saturated carbocycles. The summed E-state index contributed by atoms with van der Waals surface area (Å²) in [6.07, 6.45) is 0. The average Bonchev–Trinajstić information content (AvgIpc) is 2.69. The van der Waals surface area contributed by atoms with Crippen LogP contribution in [-0.4, -0.2) is 39.5 Å². The summed E-state index contributed by atoms with van der Waals surface area (Å²) < 4.78 is 7.78. The van der Waals surface area contributed by atoms with Gasteiger partial charge in [0.15, 0.2) is 0 Å². The Labute approximate surface area is 121 Å². The predicted octanol–water partition coefficient (Wildman–Crippen LogP) is 4.15. The van der Waals surface area contributed by atoms with Gasteiger partial charge in [-0.15, -0.1) is 0 Å². The zero-order valence-corrected chi connectivity index (χ0v) is 17.7. The molecule has 0 spiro atoms. The van der Waals surface area contributed by atoms with Crippen molar-refractivity contribution >= 4 is 74.5 Å². The van der Waals surface area contributed by atoms with Crippen LogP contribution in [0.5, 0.6) is 0 Å². The molecule has 0 aromatic carbocycles. The van der Waals surface area contributed by atoms with E-state index in [1.165, 1.54) is 8.87 Å². The van der Waals surface area contributed by atoms with Gasteiger partial charge in [0.2, 0.25) is 0 Å². The molecule has 0 N–H and O–H groups in total. The van der Waals surface area contributed by atoms with Gasteiger partial charge in [0.1, 0.15) is 0 Å². The summed E-state index contributed by atoms with van der Waals surface area (Å²) in [5.74, 6) is 0. The van der Waals surface area contributed by atoms with Crippen molar-refractivity contribution < 1.29 is 0 Å². The van der Waals surface area contributed by atoms with Gasteiger partial charge in [-0.1, -0.05) is 0 Å². The Balaban J connectivity index is 2.26. The molecule has 4 heteroatoms. The second-order valence-corrected chi connectivity index (χ2v) is 27.2. The topological polar surface area (TPSA) is 0 Å². The van der Waals surface area contributed by atoms with Crippen LogP contribution < -0.4 is 2.89 Å². The molecule has 0 aliphatic heterocycles. The average molecular weight is 464 g/mol. The zero-order chi connectivity index (χ0) is 11.8. The summed E-state index contributed by atoms with van der Waals surface area (Å²) in [4.78, 5) is 9.19. The maximum absolute atomic E-state index is 2.51. The van der Waals surface area contributed by atoms with Gasteiger partial charge in [0.05, 0.1) is 0 Å². The molecule has 0 fully saturated rings. The monoisotopic (exact) mass is 466 g/mol. The Bertz CT molecular complexity index is 445. The van der Waals surface area contributed by atoms with Crippen molar-refractivity contribution in [3.63, 3.8) is 0 Å². The fraction of sp³-hybridized carbons (Fsp3) is 0.500.